The first-order valence-electron chi connectivity index (χ1n) is 8.62. The van der Waals surface area contributed by atoms with Crippen LogP contribution in [0.15, 0.2) is 36.4 Å². The Labute approximate surface area is 155 Å². The zero-order valence-corrected chi connectivity index (χ0v) is 16.0. The van der Waals surface area contributed by atoms with Gasteiger partial charge in [-0.05, 0) is 49.6 Å². The molecule has 0 aliphatic rings. The van der Waals surface area contributed by atoms with Crippen LogP contribution in [0, 0.1) is 0 Å². The molecule has 0 aromatic heterocycles. The molecule has 0 saturated carbocycles. The number of amides is 1. The summed E-state index contributed by atoms with van der Waals surface area (Å²) in [6.07, 6.45) is 0. The molecule has 134 valence electrons. The molecule has 5 heteroatoms. The van der Waals surface area contributed by atoms with Gasteiger partial charge in [-0.25, -0.2) is 0 Å². The van der Waals surface area contributed by atoms with Gasteiger partial charge in [0.05, 0.1) is 22.1 Å². The summed E-state index contributed by atoms with van der Waals surface area (Å²) in [6, 6.07) is 11.1. The highest BCUT2D eigenvalue weighted by Gasteiger charge is 2.14. The minimum absolute atomic E-state index is 0.188. The molecule has 0 atom stereocenters. The molecule has 0 spiro atoms. The van der Waals surface area contributed by atoms with Gasteiger partial charge in [-0.2, -0.15) is 0 Å². The van der Waals surface area contributed by atoms with E-state index >= 15 is 0 Å². The average molecular weight is 360 g/mol. The molecule has 0 aliphatic carbocycles. The fourth-order valence-corrected chi connectivity index (χ4v) is 2.94. The summed E-state index contributed by atoms with van der Waals surface area (Å²) in [5.74, 6) is 0.243. The van der Waals surface area contributed by atoms with Gasteiger partial charge in [-0.3, -0.25) is 4.79 Å². The second-order valence-corrected chi connectivity index (χ2v) is 6.70. The van der Waals surface area contributed by atoms with Crippen molar-refractivity contribution in [3.05, 3.63) is 52.5 Å². The fourth-order valence-electron chi connectivity index (χ4n) is 2.73. The van der Waals surface area contributed by atoms with Crippen molar-refractivity contribution in [2.45, 2.75) is 33.6 Å². The highest BCUT2D eigenvalue weighted by atomic mass is 35.5. The Morgan fingerprint density at radius 1 is 1.16 bits per heavy atom. The maximum atomic E-state index is 12.5. The van der Waals surface area contributed by atoms with Crippen LogP contribution in [0.2, 0.25) is 5.02 Å². The first-order valence-corrected chi connectivity index (χ1v) is 9.00. The second-order valence-electron chi connectivity index (χ2n) is 6.29. The summed E-state index contributed by atoms with van der Waals surface area (Å²) in [7, 11) is 0. The Balaban J connectivity index is 2.26. The van der Waals surface area contributed by atoms with Crippen molar-refractivity contribution in [1.29, 1.82) is 0 Å². The quantitative estimate of drug-likeness (QED) is 0.701. The van der Waals surface area contributed by atoms with Crippen LogP contribution in [-0.4, -0.2) is 19.0 Å². The van der Waals surface area contributed by atoms with E-state index in [2.05, 4.69) is 37.9 Å². The zero-order chi connectivity index (χ0) is 18.6. The summed E-state index contributed by atoms with van der Waals surface area (Å²) in [5, 5.41) is 3.32. The molecule has 4 nitrogen and oxygen atoms in total. The smallest absolute Gasteiger partial charge is 0.255 e. The van der Waals surface area contributed by atoms with Gasteiger partial charge in [-0.15, -0.1) is 0 Å². The molecular formula is C20H26ClN3O. The lowest BCUT2D eigenvalue weighted by Crippen LogP contribution is -2.23. The van der Waals surface area contributed by atoms with Crippen LogP contribution in [-0.2, 0) is 0 Å². The van der Waals surface area contributed by atoms with E-state index in [1.54, 1.807) is 6.07 Å². The second kappa shape index (κ2) is 8.26. The number of carbonyl (C=O) groups is 1. The summed E-state index contributed by atoms with van der Waals surface area (Å²) >= 11 is 6.28. The number of hydrogen-bond acceptors (Lipinski definition) is 3. The molecule has 0 unspecified atom stereocenters. The zero-order valence-electron chi connectivity index (χ0n) is 15.3. The normalized spacial score (nSPS) is 10.8. The predicted octanol–water partition coefficient (Wildman–Crippen LogP) is 5.14. The Morgan fingerprint density at radius 2 is 1.76 bits per heavy atom. The molecule has 2 aromatic rings. The molecule has 1 amide bonds. The van der Waals surface area contributed by atoms with Crippen LogP contribution in [0.5, 0.6) is 0 Å². The van der Waals surface area contributed by atoms with Crippen LogP contribution >= 0.6 is 11.6 Å². The molecule has 0 radical (unpaired) electrons. The van der Waals surface area contributed by atoms with Crippen molar-refractivity contribution in [1.82, 2.24) is 0 Å². The molecule has 0 bridgehead atoms. The van der Waals surface area contributed by atoms with Crippen molar-refractivity contribution in [2.75, 3.05) is 29.0 Å². The summed E-state index contributed by atoms with van der Waals surface area (Å²) in [6.45, 7) is 10.0. The number of nitrogens with one attached hydrogen (secondary N) is 1. The van der Waals surface area contributed by atoms with Crippen LogP contribution < -0.4 is 16.0 Å². The van der Waals surface area contributed by atoms with Crippen LogP contribution in [0.1, 0.15) is 49.5 Å². The third kappa shape index (κ3) is 4.45. The van der Waals surface area contributed by atoms with Gasteiger partial charge >= 0.3 is 0 Å². The lowest BCUT2D eigenvalue weighted by atomic mass is 10.0. The van der Waals surface area contributed by atoms with Gasteiger partial charge in [0.25, 0.3) is 5.91 Å². The Hall–Kier alpha value is -2.20. The van der Waals surface area contributed by atoms with Crippen molar-refractivity contribution in [3.63, 3.8) is 0 Å². The van der Waals surface area contributed by atoms with Gasteiger partial charge in [0.15, 0.2) is 0 Å². The highest BCUT2D eigenvalue weighted by molar-refractivity contribution is 6.34. The minimum atomic E-state index is -0.188. The Kier molecular flexibility index (Phi) is 6.32. The largest absolute Gasteiger partial charge is 0.397 e. The number of nitrogens with two attached hydrogens (primary N) is 1. The first-order chi connectivity index (χ1) is 11.9. The number of halogens is 1. The molecule has 2 rings (SSSR count). The molecule has 0 fully saturated rings. The lowest BCUT2D eigenvalue weighted by molar-refractivity contribution is 0.102. The van der Waals surface area contributed by atoms with Gasteiger partial charge in [-0.1, -0.05) is 37.6 Å². The monoisotopic (exact) mass is 359 g/mol. The number of hydrogen-bond donors (Lipinski definition) is 2. The van der Waals surface area contributed by atoms with E-state index in [1.807, 2.05) is 30.3 Å². The number of carbonyl (C=O) groups excluding carboxylic acids is 1. The molecule has 3 N–H and O–H groups in total. The highest BCUT2D eigenvalue weighted by Crippen LogP contribution is 2.33. The van der Waals surface area contributed by atoms with Gasteiger partial charge in [0.1, 0.15) is 0 Å². The van der Waals surface area contributed by atoms with E-state index in [9.17, 15) is 4.79 Å². The van der Waals surface area contributed by atoms with Gasteiger partial charge in [0.2, 0.25) is 0 Å². The standard InChI is InChI=1S/C20H26ClN3O/c1-5-24(6-2)19-12-18(16(21)11-17(19)22)23-20(25)15-9-7-14(8-10-15)13(3)4/h7-13H,5-6,22H2,1-4H3,(H,23,25). The van der Waals surface area contributed by atoms with E-state index in [-0.39, 0.29) is 5.91 Å². The van der Waals surface area contributed by atoms with Gasteiger partial charge < -0.3 is 16.0 Å². The fraction of sp³-hybridized carbons (Fsp3) is 0.350. The maximum Gasteiger partial charge on any atom is 0.255 e. The third-order valence-electron chi connectivity index (χ3n) is 4.31. The average Bonchev–Trinajstić information content (AvgIpc) is 2.59. The molecule has 0 heterocycles. The van der Waals surface area contributed by atoms with E-state index in [4.69, 9.17) is 17.3 Å². The van der Waals surface area contributed by atoms with Crippen molar-refractivity contribution in [3.8, 4) is 0 Å². The topological polar surface area (TPSA) is 58.4 Å². The Morgan fingerprint density at radius 3 is 2.28 bits per heavy atom. The molecule has 25 heavy (non-hydrogen) atoms. The van der Waals surface area contributed by atoms with E-state index < -0.39 is 0 Å². The number of nitrogens with zero attached hydrogens (tertiary/aromatic N) is 1. The van der Waals surface area contributed by atoms with Crippen LogP contribution in [0.4, 0.5) is 17.1 Å². The lowest BCUT2D eigenvalue weighted by Gasteiger charge is -2.24. The van der Waals surface area contributed by atoms with Gasteiger partial charge in [0, 0.05) is 18.7 Å². The van der Waals surface area contributed by atoms with Crippen molar-refractivity contribution in [2.24, 2.45) is 0 Å². The molecule has 0 saturated heterocycles. The van der Waals surface area contributed by atoms with E-state index in [0.29, 0.717) is 27.9 Å². The maximum absolute atomic E-state index is 12.5. The number of anilines is 3. The summed E-state index contributed by atoms with van der Waals surface area (Å²) in [5.41, 5.74) is 9.93. The number of rotatable bonds is 6. The first kappa shape index (κ1) is 19.1. The molecule has 0 aliphatic heterocycles. The minimum Gasteiger partial charge on any atom is -0.397 e. The van der Waals surface area contributed by atoms with Crippen LogP contribution in [0.25, 0.3) is 0 Å². The van der Waals surface area contributed by atoms with Crippen LogP contribution in [0.3, 0.4) is 0 Å². The third-order valence-corrected chi connectivity index (χ3v) is 4.62. The predicted molar refractivity (Wildman–Crippen MR) is 108 cm³/mol. The summed E-state index contributed by atoms with van der Waals surface area (Å²) in [4.78, 5) is 14.7. The number of benzene rings is 2. The molecule has 2 aromatic carbocycles. The molecular weight excluding hydrogens is 334 g/mol. The van der Waals surface area contributed by atoms with E-state index in [1.165, 1.54) is 5.56 Å². The van der Waals surface area contributed by atoms with Crippen molar-refractivity contribution >= 4 is 34.6 Å². The Bertz CT molecular complexity index is 737. The SMILES string of the molecule is CCN(CC)c1cc(NC(=O)c2ccc(C(C)C)cc2)c(Cl)cc1N. The number of nitrogen functional groups attached to an aromatic ring is 1. The van der Waals surface area contributed by atoms with Crippen molar-refractivity contribution < 1.29 is 4.79 Å². The summed E-state index contributed by atoms with van der Waals surface area (Å²) < 4.78 is 0. The van der Waals surface area contributed by atoms with E-state index in [0.717, 1.165) is 18.8 Å².